The van der Waals surface area contributed by atoms with Crippen molar-refractivity contribution >= 4 is 18.0 Å². The lowest BCUT2D eigenvalue weighted by Gasteiger charge is -2.48. The number of allylic oxidation sites excluding steroid dienone is 1. The highest BCUT2D eigenvalue weighted by molar-refractivity contribution is 5.96. The Labute approximate surface area is 203 Å². The third kappa shape index (κ3) is 6.91. The first kappa shape index (κ1) is 26.9. The smallest absolute Gasteiger partial charge is 0.385 e. The van der Waals surface area contributed by atoms with Crippen LogP contribution in [0.25, 0.3) is 0 Å². The summed E-state index contributed by atoms with van der Waals surface area (Å²) in [5.74, 6) is -1.12. The molecule has 0 radical (unpaired) electrons. The molecule has 2 aliphatic rings. The highest BCUT2D eigenvalue weighted by Gasteiger charge is 2.40. The number of nitrogens with one attached hydrogen (secondary N) is 2. The number of aliphatic imine (C=N–C) groups is 1. The van der Waals surface area contributed by atoms with Gasteiger partial charge in [-0.05, 0) is 63.3 Å². The van der Waals surface area contributed by atoms with Gasteiger partial charge >= 0.3 is 6.18 Å². The number of rotatable bonds is 8. The number of carbonyl (C=O) groups is 2. The first-order valence-corrected chi connectivity index (χ1v) is 11.9. The Bertz CT molecular complexity index is 963. The summed E-state index contributed by atoms with van der Waals surface area (Å²) in [5, 5.41) is 16.2. The van der Waals surface area contributed by atoms with Gasteiger partial charge in [-0.25, -0.2) is 0 Å². The fourth-order valence-electron chi connectivity index (χ4n) is 4.67. The summed E-state index contributed by atoms with van der Waals surface area (Å²) in [6, 6.07) is 4.37. The standard InChI is InChI=1S/C25H33F3N4O3/c1-3-18(13-29-4-2)24(35)10-8-21(9-11-24)32-15-20(16-32)31-22(33)14-30-23(34)17-6-5-7-19(12-17)25(26,27)28/h3,5-7,12-13,20-21,35H,4,8-11,14-16H2,1-2H3,(H,30,34)(H,31,33)/b18-3+,29-13?. The molecule has 3 N–H and O–H groups in total. The maximum atomic E-state index is 12.8. The van der Waals surface area contributed by atoms with Crippen molar-refractivity contribution in [3.05, 3.63) is 47.0 Å². The van der Waals surface area contributed by atoms with E-state index in [-0.39, 0.29) is 24.1 Å². The fourth-order valence-corrected chi connectivity index (χ4v) is 4.67. The van der Waals surface area contributed by atoms with Crippen molar-refractivity contribution in [3.63, 3.8) is 0 Å². The molecule has 1 heterocycles. The molecule has 0 bridgehead atoms. The molecular formula is C25H33F3N4O3. The van der Waals surface area contributed by atoms with Crippen molar-refractivity contribution in [1.82, 2.24) is 15.5 Å². The summed E-state index contributed by atoms with van der Waals surface area (Å²) in [6.07, 6.45) is 2.15. The quantitative estimate of drug-likeness (QED) is 0.485. The molecular weight excluding hydrogens is 461 g/mol. The number of nitrogens with zero attached hydrogens (tertiary/aromatic N) is 2. The third-order valence-corrected chi connectivity index (χ3v) is 6.70. The lowest BCUT2D eigenvalue weighted by molar-refractivity contribution is -0.137. The highest BCUT2D eigenvalue weighted by Crippen LogP contribution is 2.36. The number of amides is 2. The van der Waals surface area contributed by atoms with Crippen LogP contribution < -0.4 is 10.6 Å². The molecule has 0 aromatic heterocycles. The van der Waals surface area contributed by atoms with Crippen molar-refractivity contribution < 1.29 is 27.9 Å². The van der Waals surface area contributed by atoms with Crippen LogP contribution >= 0.6 is 0 Å². The molecule has 2 amide bonds. The second kappa shape index (κ2) is 11.3. The van der Waals surface area contributed by atoms with E-state index in [0.717, 1.165) is 36.6 Å². The van der Waals surface area contributed by atoms with Gasteiger partial charge in [0.2, 0.25) is 5.91 Å². The Hall–Kier alpha value is -2.72. The molecule has 192 valence electrons. The lowest BCUT2D eigenvalue weighted by Crippen LogP contribution is -2.63. The Balaban J connectivity index is 1.39. The van der Waals surface area contributed by atoms with Crippen molar-refractivity contribution in [2.45, 2.75) is 63.4 Å². The zero-order valence-electron chi connectivity index (χ0n) is 20.1. The first-order chi connectivity index (χ1) is 16.6. The molecule has 1 aliphatic carbocycles. The van der Waals surface area contributed by atoms with Gasteiger partial charge in [-0.1, -0.05) is 12.1 Å². The zero-order chi connectivity index (χ0) is 25.6. The van der Waals surface area contributed by atoms with E-state index in [2.05, 4.69) is 20.5 Å². The minimum Gasteiger partial charge on any atom is -0.385 e. The van der Waals surface area contributed by atoms with E-state index >= 15 is 0 Å². The summed E-state index contributed by atoms with van der Waals surface area (Å²) < 4.78 is 38.4. The number of halogens is 3. The Morgan fingerprint density at radius 1 is 1.26 bits per heavy atom. The number of benzene rings is 1. The maximum absolute atomic E-state index is 12.8. The monoisotopic (exact) mass is 494 g/mol. The van der Waals surface area contributed by atoms with Gasteiger partial charge in [-0.3, -0.25) is 19.5 Å². The average Bonchev–Trinajstić information content (AvgIpc) is 2.80. The molecule has 10 heteroatoms. The second-order valence-electron chi connectivity index (χ2n) is 9.11. The number of aliphatic hydroxyl groups is 1. The molecule has 1 saturated heterocycles. The predicted octanol–water partition coefficient (Wildman–Crippen LogP) is 2.95. The van der Waals surface area contributed by atoms with Gasteiger partial charge in [0.05, 0.1) is 23.8 Å². The average molecular weight is 495 g/mol. The highest BCUT2D eigenvalue weighted by atomic mass is 19.4. The molecule has 1 aliphatic heterocycles. The molecule has 1 aromatic carbocycles. The van der Waals surface area contributed by atoms with Crippen LogP contribution in [0, 0.1) is 0 Å². The number of carbonyl (C=O) groups excluding carboxylic acids is 2. The van der Waals surface area contributed by atoms with Gasteiger partial charge in [-0.15, -0.1) is 0 Å². The van der Waals surface area contributed by atoms with Crippen LogP contribution in [0.15, 0.2) is 40.9 Å². The summed E-state index contributed by atoms with van der Waals surface area (Å²) in [6.45, 7) is 5.59. The Morgan fingerprint density at radius 3 is 2.54 bits per heavy atom. The molecule has 0 spiro atoms. The minimum atomic E-state index is -4.54. The maximum Gasteiger partial charge on any atom is 0.416 e. The van der Waals surface area contributed by atoms with Crippen LogP contribution in [0.4, 0.5) is 13.2 Å². The number of hydrogen-bond acceptors (Lipinski definition) is 5. The van der Waals surface area contributed by atoms with Gasteiger partial charge in [0.25, 0.3) is 5.91 Å². The molecule has 3 rings (SSSR count). The fraction of sp³-hybridized carbons (Fsp3) is 0.560. The third-order valence-electron chi connectivity index (χ3n) is 6.70. The van der Waals surface area contributed by atoms with Crippen molar-refractivity contribution in [2.75, 3.05) is 26.2 Å². The summed E-state index contributed by atoms with van der Waals surface area (Å²) >= 11 is 0. The van der Waals surface area contributed by atoms with E-state index in [9.17, 15) is 27.9 Å². The molecule has 7 nitrogen and oxygen atoms in total. The van der Waals surface area contributed by atoms with E-state index in [4.69, 9.17) is 0 Å². The molecule has 0 unspecified atom stereocenters. The second-order valence-corrected chi connectivity index (χ2v) is 9.11. The van der Waals surface area contributed by atoms with Crippen LogP contribution in [0.2, 0.25) is 0 Å². The van der Waals surface area contributed by atoms with Crippen LogP contribution in [-0.4, -0.2) is 71.9 Å². The van der Waals surface area contributed by atoms with Crippen molar-refractivity contribution in [2.24, 2.45) is 4.99 Å². The van der Waals surface area contributed by atoms with E-state index in [1.165, 1.54) is 6.07 Å². The van der Waals surface area contributed by atoms with E-state index in [1.807, 2.05) is 19.9 Å². The van der Waals surface area contributed by atoms with Gasteiger partial charge in [0.1, 0.15) is 0 Å². The van der Waals surface area contributed by atoms with E-state index in [1.54, 1.807) is 6.21 Å². The summed E-state index contributed by atoms with van der Waals surface area (Å²) in [7, 11) is 0. The Kier molecular flexibility index (Phi) is 8.71. The summed E-state index contributed by atoms with van der Waals surface area (Å²) in [5.41, 5.74) is -1.05. The first-order valence-electron chi connectivity index (χ1n) is 11.9. The zero-order valence-corrected chi connectivity index (χ0v) is 20.1. The molecule has 2 fully saturated rings. The number of alkyl halides is 3. The van der Waals surface area contributed by atoms with Gasteiger partial charge in [-0.2, -0.15) is 13.2 Å². The van der Waals surface area contributed by atoms with Crippen LogP contribution in [0.3, 0.4) is 0 Å². The van der Waals surface area contributed by atoms with Crippen LogP contribution in [0.5, 0.6) is 0 Å². The van der Waals surface area contributed by atoms with Crippen molar-refractivity contribution in [1.29, 1.82) is 0 Å². The Morgan fingerprint density at radius 2 is 1.94 bits per heavy atom. The summed E-state index contributed by atoms with van der Waals surface area (Å²) in [4.78, 5) is 30.9. The van der Waals surface area contributed by atoms with Gasteiger partial charge in [0.15, 0.2) is 0 Å². The molecule has 0 atom stereocenters. The van der Waals surface area contributed by atoms with Crippen LogP contribution in [0.1, 0.15) is 55.5 Å². The SMILES string of the molecule is C/C=C(\C=NCC)C1(O)CCC(N2CC(NC(=O)CNC(=O)c3cccc(C(F)(F)F)c3)C2)CC1. The number of hydrogen-bond donors (Lipinski definition) is 3. The van der Waals surface area contributed by atoms with E-state index in [0.29, 0.717) is 38.5 Å². The van der Waals surface area contributed by atoms with Gasteiger partial charge in [0, 0.05) is 37.5 Å². The minimum absolute atomic E-state index is 0.0449. The van der Waals surface area contributed by atoms with E-state index < -0.39 is 23.2 Å². The molecule has 35 heavy (non-hydrogen) atoms. The van der Waals surface area contributed by atoms with Crippen molar-refractivity contribution in [3.8, 4) is 0 Å². The normalized spacial score (nSPS) is 24.3. The van der Waals surface area contributed by atoms with Crippen LogP contribution in [-0.2, 0) is 11.0 Å². The topological polar surface area (TPSA) is 94.0 Å². The lowest BCUT2D eigenvalue weighted by atomic mass is 9.76. The van der Waals surface area contributed by atoms with Gasteiger partial charge < -0.3 is 15.7 Å². The predicted molar refractivity (Wildman–Crippen MR) is 127 cm³/mol. The molecule has 1 saturated carbocycles. The largest absolute Gasteiger partial charge is 0.416 e. The number of likely N-dealkylation sites (tertiary alicyclic amines) is 1. The molecule has 1 aromatic rings.